The lowest BCUT2D eigenvalue weighted by Gasteiger charge is -2.36. The second kappa shape index (κ2) is 6.24. The van der Waals surface area contributed by atoms with Gasteiger partial charge in [0, 0.05) is 38.1 Å². The molecule has 1 aromatic carbocycles. The van der Waals surface area contributed by atoms with E-state index in [1.165, 1.54) is 17.4 Å². The van der Waals surface area contributed by atoms with Gasteiger partial charge in [-0.05, 0) is 25.5 Å². The fourth-order valence-electron chi connectivity index (χ4n) is 2.88. The Morgan fingerprint density at radius 3 is 2.35 bits per heavy atom. The number of nitrogens with zero attached hydrogens (tertiary/aromatic N) is 4. The monoisotopic (exact) mass is 312 g/mol. The molecule has 0 bridgehead atoms. The molecule has 0 saturated carbocycles. The summed E-state index contributed by atoms with van der Waals surface area (Å²) in [6.45, 7) is 7.26. The lowest BCUT2D eigenvalue weighted by atomic mass is 10.1. The molecule has 6 nitrogen and oxygen atoms in total. The Morgan fingerprint density at radius 1 is 1.09 bits per heavy atom. The van der Waals surface area contributed by atoms with Crippen LogP contribution in [0.5, 0.6) is 0 Å². The van der Waals surface area contributed by atoms with Crippen LogP contribution in [0.1, 0.15) is 21.6 Å². The van der Waals surface area contributed by atoms with Crippen molar-refractivity contribution in [3.05, 3.63) is 47.3 Å². The molecule has 2 aromatic rings. The molecule has 1 aliphatic heterocycles. The zero-order valence-corrected chi connectivity index (χ0v) is 13.4. The van der Waals surface area contributed by atoms with E-state index >= 15 is 0 Å². The van der Waals surface area contributed by atoms with Crippen molar-refractivity contribution in [3.8, 4) is 0 Å². The minimum absolute atomic E-state index is 0.160. The smallest absolute Gasteiger partial charge is 0.339 e. The van der Waals surface area contributed by atoms with E-state index in [2.05, 4.69) is 51.0 Å². The molecule has 120 valence electrons. The maximum absolute atomic E-state index is 11.0. The van der Waals surface area contributed by atoms with Crippen LogP contribution in [0.3, 0.4) is 0 Å². The Morgan fingerprint density at radius 2 is 1.74 bits per heavy atom. The molecule has 0 unspecified atom stereocenters. The van der Waals surface area contributed by atoms with E-state index in [9.17, 15) is 4.79 Å². The van der Waals surface area contributed by atoms with E-state index in [4.69, 9.17) is 5.11 Å². The number of hydrogen-bond donors (Lipinski definition) is 1. The Balaban J connectivity index is 1.71. The quantitative estimate of drug-likeness (QED) is 0.936. The van der Waals surface area contributed by atoms with Crippen molar-refractivity contribution >= 4 is 17.6 Å². The average Bonchev–Trinajstić information content (AvgIpc) is 2.55. The van der Waals surface area contributed by atoms with Crippen LogP contribution >= 0.6 is 0 Å². The van der Waals surface area contributed by atoms with Crippen LogP contribution in [0.25, 0.3) is 0 Å². The first-order valence-corrected chi connectivity index (χ1v) is 7.68. The Hall–Kier alpha value is -2.63. The number of carbonyl (C=O) groups is 1. The highest BCUT2D eigenvalue weighted by Crippen LogP contribution is 2.22. The highest BCUT2D eigenvalue weighted by molar-refractivity contribution is 5.88. The van der Waals surface area contributed by atoms with E-state index in [0.29, 0.717) is 11.6 Å². The molecule has 1 saturated heterocycles. The van der Waals surface area contributed by atoms with Crippen LogP contribution in [-0.4, -0.2) is 47.2 Å². The molecule has 2 heterocycles. The number of benzene rings is 1. The van der Waals surface area contributed by atoms with Gasteiger partial charge in [-0.15, -0.1) is 0 Å². The second-order valence-electron chi connectivity index (χ2n) is 5.73. The molecule has 23 heavy (non-hydrogen) atoms. The third-order valence-corrected chi connectivity index (χ3v) is 4.22. The molecule has 1 aromatic heterocycles. The van der Waals surface area contributed by atoms with Crippen molar-refractivity contribution in [2.75, 3.05) is 36.0 Å². The van der Waals surface area contributed by atoms with Gasteiger partial charge in [0.25, 0.3) is 0 Å². The zero-order chi connectivity index (χ0) is 16.4. The molecule has 6 heteroatoms. The summed E-state index contributed by atoms with van der Waals surface area (Å²) < 4.78 is 0. The van der Waals surface area contributed by atoms with Gasteiger partial charge in [-0.25, -0.2) is 14.8 Å². The topological polar surface area (TPSA) is 69.6 Å². The first-order valence-electron chi connectivity index (χ1n) is 7.68. The van der Waals surface area contributed by atoms with Crippen molar-refractivity contribution in [2.24, 2.45) is 0 Å². The summed E-state index contributed by atoms with van der Waals surface area (Å²) in [7, 11) is 0. The van der Waals surface area contributed by atoms with Crippen molar-refractivity contribution < 1.29 is 9.90 Å². The molecule has 0 radical (unpaired) electrons. The van der Waals surface area contributed by atoms with Crippen molar-refractivity contribution in [1.82, 2.24) is 9.97 Å². The number of rotatable bonds is 3. The van der Waals surface area contributed by atoms with Gasteiger partial charge in [-0.3, -0.25) is 0 Å². The summed E-state index contributed by atoms with van der Waals surface area (Å²) in [4.78, 5) is 24.1. The Labute approximate surface area is 135 Å². The molecule has 3 rings (SSSR count). The summed E-state index contributed by atoms with van der Waals surface area (Å²) in [6.07, 6.45) is 1.40. The maximum atomic E-state index is 11.0. The lowest BCUT2D eigenvalue weighted by Crippen LogP contribution is -2.47. The number of anilines is 2. The maximum Gasteiger partial charge on any atom is 0.339 e. The first-order chi connectivity index (χ1) is 11.1. The average molecular weight is 312 g/mol. The van der Waals surface area contributed by atoms with Gasteiger partial charge in [0.1, 0.15) is 0 Å². The minimum atomic E-state index is -0.988. The largest absolute Gasteiger partial charge is 0.478 e. The van der Waals surface area contributed by atoms with E-state index in [-0.39, 0.29) is 5.56 Å². The van der Waals surface area contributed by atoms with Crippen LogP contribution in [-0.2, 0) is 0 Å². The van der Waals surface area contributed by atoms with E-state index in [1.54, 1.807) is 6.92 Å². The van der Waals surface area contributed by atoms with Gasteiger partial charge < -0.3 is 14.9 Å². The van der Waals surface area contributed by atoms with Crippen molar-refractivity contribution in [3.63, 3.8) is 0 Å². The third kappa shape index (κ3) is 3.11. The predicted octanol–water partition coefficient (Wildman–Crippen LogP) is 2.12. The predicted molar refractivity (Wildman–Crippen MR) is 89.3 cm³/mol. The van der Waals surface area contributed by atoms with Crippen molar-refractivity contribution in [1.29, 1.82) is 0 Å². The fourth-order valence-corrected chi connectivity index (χ4v) is 2.88. The molecule has 1 fully saturated rings. The standard InChI is InChI=1S/C17H20N4O2/c1-12-5-3-4-6-15(12)20-7-9-21(10-8-20)17-18-11-14(16(22)23)13(2)19-17/h3-6,11H,7-10H2,1-2H3,(H,22,23). The Kier molecular flexibility index (Phi) is 4.14. The number of aryl methyl sites for hydroxylation is 2. The number of para-hydroxylation sites is 1. The van der Waals surface area contributed by atoms with E-state index in [0.717, 1.165) is 26.2 Å². The molecule has 1 aliphatic rings. The number of aromatic carboxylic acids is 1. The zero-order valence-electron chi connectivity index (χ0n) is 13.4. The Bertz CT molecular complexity index is 724. The van der Waals surface area contributed by atoms with E-state index < -0.39 is 5.97 Å². The van der Waals surface area contributed by atoms with Crippen LogP contribution in [0.4, 0.5) is 11.6 Å². The van der Waals surface area contributed by atoms with Gasteiger partial charge >= 0.3 is 5.97 Å². The SMILES string of the molecule is Cc1ccccc1N1CCN(c2ncc(C(=O)O)c(C)n2)CC1. The van der Waals surface area contributed by atoms with E-state index in [1.807, 2.05) is 0 Å². The fraction of sp³-hybridized carbons (Fsp3) is 0.353. The van der Waals surface area contributed by atoms with Gasteiger partial charge in [-0.2, -0.15) is 0 Å². The van der Waals surface area contributed by atoms with Crippen LogP contribution in [0.2, 0.25) is 0 Å². The minimum Gasteiger partial charge on any atom is -0.478 e. The first kappa shape index (κ1) is 15.3. The highest BCUT2D eigenvalue weighted by Gasteiger charge is 2.21. The number of carboxylic acid groups (broad SMARTS) is 1. The third-order valence-electron chi connectivity index (χ3n) is 4.22. The summed E-state index contributed by atoms with van der Waals surface area (Å²) >= 11 is 0. The van der Waals surface area contributed by atoms with Crippen molar-refractivity contribution in [2.45, 2.75) is 13.8 Å². The number of carboxylic acids is 1. The van der Waals surface area contributed by atoms with Gasteiger partial charge in [0.15, 0.2) is 0 Å². The molecule has 1 N–H and O–H groups in total. The summed E-state index contributed by atoms with van der Waals surface area (Å²) in [5.74, 6) is -0.379. The summed E-state index contributed by atoms with van der Waals surface area (Å²) in [5, 5.41) is 9.05. The molecule has 0 atom stereocenters. The molecule has 0 aliphatic carbocycles. The number of piperazine rings is 1. The number of hydrogen-bond acceptors (Lipinski definition) is 5. The summed E-state index contributed by atoms with van der Waals surface area (Å²) in [6, 6.07) is 8.38. The van der Waals surface area contributed by atoms with Crippen LogP contribution in [0, 0.1) is 13.8 Å². The number of aromatic nitrogens is 2. The molecular weight excluding hydrogens is 292 g/mol. The lowest BCUT2D eigenvalue weighted by molar-refractivity contribution is 0.0695. The molecule has 0 spiro atoms. The van der Waals surface area contributed by atoms with Gasteiger partial charge in [-0.1, -0.05) is 18.2 Å². The van der Waals surface area contributed by atoms with Gasteiger partial charge in [0.05, 0.1) is 11.3 Å². The molecule has 0 amide bonds. The van der Waals surface area contributed by atoms with Crippen LogP contribution < -0.4 is 9.80 Å². The molecular formula is C17H20N4O2. The van der Waals surface area contributed by atoms with Crippen LogP contribution in [0.15, 0.2) is 30.5 Å². The second-order valence-corrected chi connectivity index (χ2v) is 5.73. The highest BCUT2D eigenvalue weighted by atomic mass is 16.4. The van der Waals surface area contributed by atoms with Gasteiger partial charge in [0.2, 0.25) is 5.95 Å². The normalized spacial score (nSPS) is 14.9. The summed E-state index contributed by atoms with van der Waals surface area (Å²) in [5.41, 5.74) is 3.21.